The number of benzene rings is 1. The van der Waals surface area contributed by atoms with Crippen LogP contribution in [-0.2, 0) is 4.84 Å². The molecule has 1 aromatic carbocycles. The van der Waals surface area contributed by atoms with Gasteiger partial charge in [0, 0.05) is 23.2 Å². The lowest BCUT2D eigenvalue weighted by atomic mass is 9.95. The third-order valence-electron chi connectivity index (χ3n) is 4.97. The predicted octanol–water partition coefficient (Wildman–Crippen LogP) is 6.20. The molecule has 38 heavy (non-hydrogen) atoms. The van der Waals surface area contributed by atoms with Crippen LogP contribution in [0.4, 0.5) is 14.5 Å². The average Bonchev–Trinajstić information content (AvgIpc) is 3.30. The van der Waals surface area contributed by atoms with E-state index in [1.54, 1.807) is 13.1 Å². The Bertz CT molecular complexity index is 1360. The summed E-state index contributed by atoms with van der Waals surface area (Å²) in [7, 11) is 0. The van der Waals surface area contributed by atoms with Gasteiger partial charge in [-0.2, -0.15) is 5.10 Å². The fourth-order valence-electron chi connectivity index (χ4n) is 3.12. The van der Waals surface area contributed by atoms with Gasteiger partial charge in [-0.05, 0) is 37.3 Å². The number of amides is 2. The summed E-state index contributed by atoms with van der Waals surface area (Å²) in [6.45, 7) is 5.99. The molecule has 0 saturated heterocycles. The van der Waals surface area contributed by atoms with Crippen LogP contribution in [0.1, 0.15) is 53.7 Å². The molecule has 0 fully saturated rings. The molecule has 0 aliphatic carbocycles. The number of nitrogens with one attached hydrogen (secondary N) is 2. The van der Waals surface area contributed by atoms with Crippen LogP contribution < -0.4 is 10.6 Å². The third kappa shape index (κ3) is 7.18. The molecule has 2 aromatic heterocycles. The van der Waals surface area contributed by atoms with Gasteiger partial charge in [0.05, 0.1) is 27.5 Å². The van der Waals surface area contributed by atoms with E-state index in [4.69, 9.17) is 39.6 Å². The monoisotopic (exact) mass is 586 g/mol. The molecule has 0 aliphatic rings. The topological polar surface area (TPSA) is 110 Å². The van der Waals surface area contributed by atoms with Crippen molar-refractivity contribution in [2.75, 3.05) is 18.5 Å². The van der Waals surface area contributed by atoms with Gasteiger partial charge in [0.15, 0.2) is 5.82 Å². The van der Waals surface area contributed by atoms with Gasteiger partial charge in [-0.3, -0.25) is 9.59 Å². The molecule has 3 aromatic rings. The van der Waals surface area contributed by atoms with Gasteiger partial charge in [-0.15, -0.1) is 0 Å². The van der Waals surface area contributed by atoms with Crippen LogP contribution in [-0.4, -0.2) is 45.9 Å². The Balaban J connectivity index is 1.94. The van der Waals surface area contributed by atoms with E-state index in [1.807, 2.05) is 13.8 Å². The summed E-state index contributed by atoms with van der Waals surface area (Å²) in [6, 6.07) is 6.54. The SMILES string of the molecule is CCO/N=C/C(C)(C)CNC(=O)c1cc(Cl)cc(Cl)c1NC(=O)c1cc(C(F)F)nn1-c1ncccc1Cl. The first-order valence-electron chi connectivity index (χ1n) is 11.2. The normalized spacial score (nSPS) is 11.7. The first-order chi connectivity index (χ1) is 17.9. The van der Waals surface area contributed by atoms with Crippen molar-refractivity contribution in [1.82, 2.24) is 20.1 Å². The first-order valence-corrected chi connectivity index (χ1v) is 12.3. The van der Waals surface area contributed by atoms with Crippen molar-refractivity contribution >= 4 is 58.5 Å². The fraction of sp³-hybridized carbons (Fsp3) is 0.292. The number of pyridine rings is 1. The van der Waals surface area contributed by atoms with Gasteiger partial charge in [-0.1, -0.05) is 53.8 Å². The Morgan fingerprint density at radius 3 is 2.58 bits per heavy atom. The Morgan fingerprint density at radius 2 is 1.92 bits per heavy atom. The molecular weight excluding hydrogens is 565 g/mol. The smallest absolute Gasteiger partial charge is 0.282 e. The number of carbonyl (C=O) groups excluding carboxylic acids is 2. The maximum absolute atomic E-state index is 13.5. The zero-order valence-electron chi connectivity index (χ0n) is 20.4. The third-order valence-corrected chi connectivity index (χ3v) is 5.78. The Kier molecular flexibility index (Phi) is 9.64. The number of hydrogen-bond donors (Lipinski definition) is 2. The zero-order chi connectivity index (χ0) is 28.0. The number of hydrogen-bond acceptors (Lipinski definition) is 6. The van der Waals surface area contributed by atoms with Crippen molar-refractivity contribution in [2.24, 2.45) is 10.6 Å². The quantitative estimate of drug-likeness (QED) is 0.217. The highest BCUT2D eigenvalue weighted by atomic mass is 35.5. The van der Waals surface area contributed by atoms with E-state index in [0.717, 1.165) is 10.7 Å². The maximum atomic E-state index is 13.5. The highest BCUT2D eigenvalue weighted by Gasteiger charge is 2.26. The summed E-state index contributed by atoms with van der Waals surface area (Å²) >= 11 is 18.6. The second kappa shape index (κ2) is 12.5. The number of oxime groups is 1. The van der Waals surface area contributed by atoms with Gasteiger partial charge in [-0.25, -0.2) is 18.4 Å². The highest BCUT2D eigenvalue weighted by Crippen LogP contribution is 2.32. The van der Waals surface area contributed by atoms with Crippen LogP contribution in [0.25, 0.3) is 5.82 Å². The minimum absolute atomic E-state index is 0.0395. The predicted molar refractivity (Wildman–Crippen MR) is 142 cm³/mol. The summed E-state index contributed by atoms with van der Waals surface area (Å²) in [5.41, 5.74) is -1.70. The Hall–Kier alpha value is -3.28. The molecule has 3 rings (SSSR count). The lowest BCUT2D eigenvalue weighted by Gasteiger charge is -2.20. The molecule has 9 nitrogen and oxygen atoms in total. The van der Waals surface area contributed by atoms with E-state index in [2.05, 4.69) is 25.9 Å². The second-order valence-electron chi connectivity index (χ2n) is 8.56. The van der Waals surface area contributed by atoms with Crippen molar-refractivity contribution in [3.8, 4) is 5.82 Å². The van der Waals surface area contributed by atoms with Gasteiger partial charge in [0.1, 0.15) is 18.0 Å². The van der Waals surface area contributed by atoms with Crippen molar-refractivity contribution < 1.29 is 23.2 Å². The molecule has 202 valence electrons. The van der Waals surface area contributed by atoms with E-state index in [9.17, 15) is 18.4 Å². The summed E-state index contributed by atoms with van der Waals surface area (Å²) in [5, 5.41) is 13.0. The van der Waals surface area contributed by atoms with Crippen molar-refractivity contribution in [3.05, 3.63) is 68.5 Å². The van der Waals surface area contributed by atoms with E-state index in [-0.39, 0.29) is 44.4 Å². The number of alkyl halides is 2. The van der Waals surface area contributed by atoms with Crippen LogP contribution in [0.5, 0.6) is 0 Å². The van der Waals surface area contributed by atoms with Crippen LogP contribution in [0.2, 0.25) is 15.1 Å². The molecule has 0 atom stereocenters. The lowest BCUT2D eigenvalue weighted by Crippen LogP contribution is -2.35. The maximum Gasteiger partial charge on any atom is 0.282 e. The van der Waals surface area contributed by atoms with Crippen molar-refractivity contribution in [3.63, 3.8) is 0 Å². The first kappa shape index (κ1) is 29.3. The summed E-state index contributed by atoms with van der Waals surface area (Å²) < 4.78 is 27.8. The number of nitrogens with zero attached hydrogens (tertiary/aromatic N) is 4. The average molecular weight is 588 g/mol. The van der Waals surface area contributed by atoms with Gasteiger partial charge in [0.25, 0.3) is 18.2 Å². The number of halogens is 5. The molecule has 2 heterocycles. The van der Waals surface area contributed by atoms with Gasteiger partial charge >= 0.3 is 0 Å². The largest absolute Gasteiger partial charge is 0.396 e. The van der Waals surface area contributed by atoms with E-state index < -0.39 is 29.3 Å². The molecule has 0 spiro atoms. The van der Waals surface area contributed by atoms with Gasteiger partial charge < -0.3 is 15.5 Å². The van der Waals surface area contributed by atoms with Crippen LogP contribution in [0.3, 0.4) is 0 Å². The number of carbonyl (C=O) groups is 2. The lowest BCUT2D eigenvalue weighted by molar-refractivity contribution is 0.0945. The molecule has 0 saturated carbocycles. The van der Waals surface area contributed by atoms with Crippen molar-refractivity contribution in [2.45, 2.75) is 27.2 Å². The summed E-state index contributed by atoms with van der Waals surface area (Å²) in [4.78, 5) is 35.4. The highest BCUT2D eigenvalue weighted by molar-refractivity contribution is 6.38. The molecule has 2 N–H and O–H groups in total. The number of aromatic nitrogens is 3. The van der Waals surface area contributed by atoms with Crippen molar-refractivity contribution in [1.29, 1.82) is 0 Å². The zero-order valence-corrected chi connectivity index (χ0v) is 22.7. The summed E-state index contributed by atoms with van der Waals surface area (Å²) in [5.74, 6) is -1.53. The number of anilines is 1. The standard InChI is InChI=1S/C24H23Cl3F2N6O3/c1-4-38-32-12-24(2,3)11-31-22(36)14-8-13(25)9-16(27)19(14)33-23(37)18-10-17(20(28)29)34-35(18)21-15(26)6-5-7-30-21/h5-10,12,20H,4,11H2,1-3H3,(H,31,36)(H,33,37)/b32-12+. The molecule has 14 heteroatoms. The van der Waals surface area contributed by atoms with E-state index in [0.29, 0.717) is 6.61 Å². The number of rotatable bonds is 10. The summed E-state index contributed by atoms with van der Waals surface area (Å²) in [6.07, 6.45) is -0.0546. The molecular formula is C24H23Cl3F2N6O3. The second-order valence-corrected chi connectivity index (χ2v) is 9.81. The van der Waals surface area contributed by atoms with E-state index in [1.165, 1.54) is 30.5 Å². The Morgan fingerprint density at radius 1 is 1.18 bits per heavy atom. The Labute approximate surface area is 232 Å². The fourth-order valence-corrected chi connectivity index (χ4v) is 3.87. The van der Waals surface area contributed by atoms with Gasteiger partial charge in [0.2, 0.25) is 0 Å². The van der Waals surface area contributed by atoms with E-state index >= 15 is 0 Å². The molecule has 0 radical (unpaired) electrons. The van der Waals surface area contributed by atoms with Crippen LogP contribution in [0, 0.1) is 5.41 Å². The van der Waals surface area contributed by atoms with Crippen LogP contribution >= 0.6 is 34.8 Å². The van der Waals surface area contributed by atoms with Crippen LogP contribution in [0.15, 0.2) is 41.7 Å². The molecule has 0 unspecified atom stereocenters. The minimum Gasteiger partial charge on any atom is -0.396 e. The molecule has 0 bridgehead atoms. The minimum atomic E-state index is -2.97. The molecule has 0 aliphatic heterocycles. The molecule has 2 amide bonds.